The van der Waals surface area contributed by atoms with Crippen molar-refractivity contribution in [2.45, 2.75) is 65.7 Å². The van der Waals surface area contributed by atoms with Gasteiger partial charge < -0.3 is 4.90 Å². The molecule has 4 atom stereocenters. The second-order valence-corrected chi connectivity index (χ2v) is 8.44. The minimum atomic E-state index is 0.820. The zero-order valence-corrected chi connectivity index (χ0v) is 16.3. The van der Waals surface area contributed by atoms with Crippen molar-refractivity contribution < 1.29 is 0 Å². The van der Waals surface area contributed by atoms with Crippen molar-refractivity contribution in [1.82, 2.24) is 4.90 Å². The van der Waals surface area contributed by atoms with Crippen LogP contribution in [-0.4, -0.2) is 24.5 Å². The SMILES string of the molecule is C=CC/C=C(/C)CCCC(C)C(C)CN1CC2CC=CCCC2C1. The van der Waals surface area contributed by atoms with Crippen LogP contribution in [0, 0.1) is 23.7 Å². The van der Waals surface area contributed by atoms with Gasteiger partial charge in [0.15, 0.2) is 0 Å². The molecule has 24 heavy (non-hydrogen) atoms. The van der Waals surface area contributed by atoms with E-state index >= 15 is 0 Å². The molecule has 0 aromatic rings. The van der Waals surface area contributed by atoms with E-state index in [-0.39, 0.29) is 0 Å². The Balaban J connectivity index is 1.67. The zero-order valence-electron chi connectivity index (χ0n) is 16.3. The molecule has 1 heteroatoms. The second kappa shape index (κ2) is 10.2. The number of hydrogen-bond donors (Lipinski definition) is 0. The first kappa shape index (κ1) is 19.5. The first-order valence-electron chi connectivity index (χ1n) is 10.2. The fraction of sp³-hybridized carbons (Fsp3) is 0.739. The van der Waals surface area contributed by atoms with Crippen LogP contribution in [0.2, 0.25) is 0 Å². The van der Waals surface area contributed by atoms with Crippen LogP contribution >= 0.6 is 0 Å². The molecule has 2 rings (SSSR count). The van der Waals surface area contributed by atoms with E-state index in [1.54, 1.807) is 0 Å². The van der Waals surface area contributed by atoms with Crippen molar-refractivity contribution in [3.63, 3.8) is 0 Å². The first-order chi connectivity index (χ1) is 11.6. The van der Waals surface area contributed by atoms with Crippen LogP contribution in [0.1, 0.15) is 65.7 Å². The molecule has 0 saturated carbocycles. The predicted octanol–water partition coefficient (Wildman–Crippen LogP) is 6.24. The molecule has 0 aromatic carbocycles. The number of allylic oxidation sites excluding steroid dienone is 5. The molecular weight excluding hydrogens is 290 g/mol. The van der Waals surface area contributed by atoms with E-state index in [1.807, 2.05) is 6.08 Å². The molecule has 2 aliphatic rings. The van der Waals surface area contributed by atoms with Crippen LogP contribution < -0.4 is 0 Å². The van der Waals surface area contributed by atoms with Gasteiger partial charge in [-0.25, -0.2) is 0 Å². The number of likely N-dealkylation sites (tertiary alicyclic amines) is 1. The Bertz CT molecular complexity index is 433. The molecular formula is C23H39N. The normalized spacial score (nSPS) is 27.5. The quantitative estimate of drug-likeness (QED) is 0.453. The Kier molecular flexibility index (Phi) is 8.32. The van der Waals surface area contributed by atoms with Gasteiger partial charge in [0, 0.05) is 19.6 Å². The summed E-state index contributed by atoms with van der Waals surface area (Å²) in [6, 6.07) is 0. The average Bonchev–Trinajstić information content (AvgIpc) is 2.81. The van der Waals surface area contributed by atoms with E-state index in [0.29, 0.717) is 0 Å². The highest BCUT2D eigenvalue weighted by molar-refractivity contribution is 5.00. The summed E-state index contributed by atoms with van der Waals surface area (Å²) in [7, 11) is 0. The fourth-order valence-corrected chi connectivity index (χ4v) is 4.44. The van der Waals surface area contributed by atoms with Crippen molar-refractivity contribution in [2.24, 2.45) is 23.7 Å². The summed E-state index contributed by atoms with van der Waals surface area (Å²) in [6.45, 7) is 15.0. The molecule has 4 unspecified atom stereocenters. The maximum Gasteiger partial charge on any atom is 0.00160 e. The standard InChI is InChI=1S/C23H39N/c1-5-6-11-19(2)12-10-13-20(3)21(4)16-24-17-22-14-8-7-9-15-23(22)18-24/h5,7-8,11,20-23H,1,6,9-10,12-18H2,2-4H3/b19-11-. The van der Waals surface area contributed by atoms with Crippen LogP contribution in [0.15, 0.2) is 36.5 Å². The third-order valence-electron chi connectivity index (χ3n) is 6.34. The highest BCUT2D eigenvalue weighted by Crippen LogP contribution is 2.33. The average molecular weight is 330 g/mol. The number of rotatable bonds is 9. The van der Waals surface area contributed by atoms with Gasteiger partial charge in [-0.2, -0.15) is 0 Å². The van der Waals surface area contributed by atoms with Gasteiger partial charge in [-0.3, -0.25) is 0 Å². The van der Waals surface area contributed by atoms with E-state index in [4.69, 9.17) is 0 Å². The topological polar surface area (TPSA) is 3.24 Å². The molecule has 1 aliphatic heterocycles. The maximum absolute atomic E-state index is 3.79. The van der Waals surface area contributed by atoms with Gasteiger partial charge in [0.1, 0.15) is 0 Å². The summed E-state index contributed by atoms with van der Waals surface area (Å²) in [5.41, 5.74) is 1.53. The van der Waals surface area contributed by atoms with Crippen molar-refractivity contribution in [1.29, 1.82) is 0 Å². The highest BCUT2D eigenvalue weighted by Gasteiger charge is 2.33. The molecule has 1 nitrogen and oxygen atoms in total. The Hall–Kier alpha value is -0.820. The summed E-state index contributed by atoms with van der Waals surface area (Å²) in [5.74, 6) is 3.55. The van der Waals surface area contributed by atoms with Crippen molar-refractivity contribution in [3.05, 3.63) is 36.5 Å². The van der Waals surface area contributed by atoms with Gasteiger partial charge in [-0.1, -0.05) is 50.1 Å². The monoisotopic (exact) mass is 329 g/mol. The molecule has 0 bridgehead atoms. The van der Waals surface area contributed by atoms with Gasteiger partial charge in [0.2, 0.25) is 0 Å². The van der Waals surface area contributed by atoms with Crippen LogP contribution in [0.3, 0.4) is 0 Å². The summed E-state index contributed by atoms with van der Waals surface area (Å²) in [5, 5.41) is 0. The van der Waals surface area contributed by atoms with Gasteiger partial charge >= 0.3 is 0 Å². The molecule has 1 saturated heterocycles. The van der Waals surface area contributed by atoms with Crippen LogP contribution in [0.25, 0.3) is 0 Å². The first-order valence-corrected chi connectivity index (χ1v) is 10.2. The Morgan fingerprint density at radius 2 is 2.00 bits per heavy atom. The van der Waals surface area contributed by atoms with Gasteiger partial charge in [0.05, 0.1) is 0 Å². The summed E-state index contributed by atoms with van der Waals surface area (Å²) >= 11 is 0. The van der Waals surface area contributed by atoms with Crippen molar-refractivity contribution in [3.8, 4) is 0 Å². The smallest absolute Gasteiger partial charge is 0.00160 e. The van der Waals surface area contributed by atoms with Crippen molar-refractivity contribution >= 4 is 0 Å². The largest absolute Gasteiger partial charge is 0.302 e. The van der Waals surface area contributed by atoms with E-state index in [2.05, 4.69) is 50.5 Å². The number of fused-ring (bicyclic) bond motifs is 1. The number of nitrogens with zero attached hydrogens (tertiary/aromatic N) is 1. The summed E-state index contributed by atoms with van der Waals surface area (Å²) < 4.78 is 0. The summed E-state index contributed by atoms with van der Waals surface area (Å²) in [4.78, 5) is 2.77. The lowest BCUT2D eigenvalue weighted by molar-refractivity contribution is 0.224. The van der Waals surface area contributed by atoms with Crippen molar-refractivity contribution in [2.75, 3.05) is 19.6 Å². The molecule has 0 aromatic heterocycles. The van der Waals surface area contributed by atoms with Gasteiger partial charge in [-0.05, 0) is 69.1 Å². The summed E-state index contributed by atoms with van der Waals surface area (Å²) in [6.07, 6.45) is 18.2. The van der Waals surface area contributed by atoms with Crippen LogP contribution in [0.5, 0.6) is 0 Å². The predicted molar refractivity (Wildman–Crippen MR) is 107 cm³/mol. The molecule has 1 fully saturated rings. The molecule has 1 aliphatic carbocycles. The molecule has 1 heterocycles. The Labute approximate surface area is 150 Å². The minimum Gasteiger partial charge on any atom is -0.302 e. The lowest BCUT2D eigenvalue weighted by Gasteiger charge is -2.26. The highest BCUT2D eigenvalue weighted by atomic mass is 15.2. The van der Waals surface area contributed by atoms with Gasteiger partial charge in [-0.15, -0.1) is 6.58 Å². The second-order valence-electron chi connectivity index (χ2n) is 8.44. The Morgan fingerprint density at radius 3 is 2.79 bits per heavy atom. The van der Waals surface area contributed by atoms with Gasteiger partial charge in [0.25, 0.3) is 0 Å². The molecule has 0 amide bonds. The van der Waals surface area contributed by atoms with E-state index in [9.17, 15) is 0 Å². The van der Waals surface area contributed by atoms with Crippen LogP contribution in [0.4, 0.5) is 0 Å². The molecule has 0 radical (unpaired) electrons. The lowest BCUT2D eigenvalue weighted by atomic mass is 9.90. The Morgan fingerprint density at radius 1 is 1.21 bits per heavy atom. The fourth-order valence-electron chi connectivity index (χ4n) is 4.44. The third-order valence-corrected chi connectivity index (χ3v) is 6.34. The molecule has 0 N–H and O–H groups in total. The third kappa shape index (κ3) is 6.24. The van der Waals surface area contributed by atoms with Crippen LogP contribution in [-0.2, 0) is 0 Å². The maximum atomic E-state index is 3.79. The zero-order chi connectivity index (χ0) is 17.4. The minimum absolute atomic E-state index is 0.820. The lowest BCUT2D eigenvalue weighted by Crippen LogP contribution is -2.29. The molecule has 136 valence electrons. The van der Waals surface area contributed by atoms with E-state index in [1.165, 1.54) is 63.7 Å². The molecule has 0 spiro atoms. The van der Waals surface area contributed by atoms with E-state index < -0.39 is 0 Å². The number of hydrogen-bond acceptors (Lipinski definition) is 1. The van der Waals surface area contributed by atoms with E-state index in [0.717, 1.165) is 30.1 Å².